The predicted octanol–water partition coefficient (Wildman–Crippen LogP) is 16.5. The molecule has 338 valence electrons. The Hall–Kier alpha value is -7.13. The van der Waals surface area contributed by atoms with E-state index in [9.17, 15) is 5.11 Å². The third-order valence-electron chi connectivity index (χ3n) is 12.7. The fraction of sp³-hybridized carbons (Fsp3) is 0.143. The Morgan fingerprint density at radius 3 is 1.75 bits per heavy atom. The normalized spacial score (nSPS) is 12.5. The van der Waals surface area contributed by atoms with Gasteiger partial charge in [0.2, 0.25) is 0 Å². The van der Waals surface area contributed by atoms with Gasteiger partial charge < -0.3 is 5.11 Å². The summed E-state index contributed by atoms with van der Waals surface area (Å²) < 4.78 is 25.8. The van der Waals surface area contributed by atoms with Gasteiger partial charge in [0.15, 0.2) is 0 Å². The smallest absolute Gasteiger partial charge is 0.148 e. The zero-order valence-electron chi connectivity index (χ0n) is 42.1. The van der Waals surface area contributed by atoms with E-state index in [-0.39, 0.29) is 37.6 Å². The van der Waals surface area contributed by atoms with Crippen molar-refractivity contribution in [1.29, 1.82) is 0 Å². The summed E-state index contributed by atoms with van der Waals surface area (Å²) in [6, 6.07) is 67.2. The zero-order chi connectivity index (χ0) is 49.0. The number of phenols is 1. The van der Waals surface area contributed by atoms with Gasteiger partial charge in [-0.2, -0.15) is 0 Å². The quantitative estimate of drug-likeness (QED) is 0.154. The van der Waals surface area contributed by atoms with Crippen LogP contribution in [0.4, 0.5) is 0 Å². The molecule has 5 heteroatoms. The summed E-state index contributed by atoms with van der Waals surface area (Å²) in [6.07, 6.45) is 1.79. The van der Waals surface area contributed by atoms with Gasteiger partial charge in [-0.15, -0.1) is 29.3 Å². The summed E-state index contributed by atoms with van der Waals surface area (Å²) in [6.45, 7) is 11.2. The van der Waals surface area contributed by atoms with Crippen LogP contribution in [-0.4, -0.2) is 19.6 Å². The van der Waals surface area contributed by atoms with Crippen LogP contribution in [0.2, 0.25) is 0 Å². The first-order valence-corrected chi connectivity index (χ1v) is 22.9. The maximum Gasteiger partial charge on any atom is 0.148 e. The molecule has 4 nitrogen and oxygen atoms in total. The molecule has 0 aliphatic heterocycles. The van der Waals surface area contributed by atoms with Gasteiger partial charge >= 0.3 is 0 Å². The minimum Gasteiger partial charge on any atom is -0.507 e. The van der Waals surface area contributed by atoms with E-state index in [2.05, 4.69) is 149 Å². The van der Waals surface area contributed by atoms with Crippen LogP contribution in [-0.2, 0) is 31.9 Å². The SMILES string of the molecule is [2H]C([2H])([2H])c1ccc(-c2ccnc(-c3[c-]c(-c4cccc5c4nc(-c4cc(-c6ccccc6)cc(-c6ccccc6)c4O)n5-c4ccc(C(C)(C)C)cc4-c4ccccc4)cc(C(C)(C)C)c3)c2)cc1.[Pt]. The summed E-state index contributed by atoms with van der Waals surface area (Å²) in [5, 5.41) is 12.7. The molecule has 1 N–H and O–H groups in total. The molecule has 0 bridgehead atoms. The number of nitrogens with zero attached hydrogens (tertiary/aromatic N) is 3. The number of pyridine rings is 1. The molecule has 8 aromatic carbocycles. The van der Waals surface area contributed by atoms with E-state index in [1.54, 1.807) is 18.3 Å². The van der Waals surface area contributed by atoms with Gasteiger partial charge in [-0.3, -0.25) is 9.55 Å². The molecule has 0 amide bonds. The van der Waals surface area contributed by atoms with Crippen molar-refractivity contribution in [1.82, 2.24) is 14.5 Å². The Kier molecular flexibility index (Phi) is 11.5. The zero-order valence-corrected chi connectivity index (χ0v) is 41.4. The van der Waals surface area contributed by atoms with E-state index in [0.29, 0.717) is 22.5 Å². The van der Waals surface area contributed by atoms with E-state index in [1.807, 2.05) is 78.9 Å². The molecule has 10 rings (SSSR count). The number of hydrogen-bond donors (Lipinski definition) is 1. The molecule has 0 saturated carbocycles. The first-order valence-electron chi connectivity index (χ1n) is 24.4. The second-order valence-corrected chi connectivity index (χ2v) is 19.4. The second kappa shape index (κ2) is 18.5. The Labute approximate surface area is 419 Å². The van der Waals surface area contributed by atoms with Gasteiger partial charge in [0.25, 0.3) is 0 Å². The van der Waals surface area contributed by atoms with Gasteiger partial charge in [0.05, 0.1) is 22.3 Å². The number of rotatable bonds is 8. The average molecular weight is 1070 g/mol. The number of fused-ring (bicyclic) bond motifs is 1. The van der Waals surface area contributed by atoms with Crippen LogP contribution >= 0.6 is 0 Å². The molecule has 0 aliphatic rings. The fourth-order valence-corrected chi connectivity index (χ4v) is 8.93. The number of phenolic OH excluding ortho intramolecular Hbond substituents is 1. The molecule has 10 aromatic rings. The molecule has 0 spiro atoms. The number of imidazole rings is 1. The van der Waals surface area contributed by atoms with Crippen molar-refractivity contribution in [3.8, 4) is 89.7 Å². The monoisotopic (exact) mass is 1070 g/mol. The largest absolute Gasteiger partial charge is 0.507 e. The Balaban J connectivity index is 0.00000624. The van der Waals surface area contributed by atoms with Gasteiger partial charge in [-0.1, -0.05) is 198 Å². The predicted molar refractivity (Wildman–Crippen MR) is 280 cm³/mol. The number of aromatic hydroxyl groups is 1. The maximum absolute atomic E-state index is 12.7. The molecular formula is C63H54N3OPt-. The van der Waals surface area contributed by atoms with Crippen LogP contribution in [0.15, 0.2) is 194 Å². The number of aryl methyl sites for hydroxylation is 1. The molecule has 0 unspecified atom stereocenters. The first kappa shape index (κ1) is 42.2. The Morgan fingerprint density at radius 1 is 0.500 bits per heavy atom. The molecule has 0 atom stereocenters. The maximum atomic E-state index is 12.7. The molecule has 0 radical (unpaired) electrons. The van der Waals surface area contributed by atoms with E-state index in [1.165, 1.54) is 5.56 Å². The summed E-state index contributed by atoms with van der Waals surface area (Å²) in [7, 11) is 0. The van der Waals surface area contributed by atoms with Gasteiger partial charge in [-0.25, -0.2) is 4.98 Å². The Bertz CT molecular complexity index is 3540. The van der Waals surface area contributed by atoms with Crippen molar-refractivity contribution >= 4 is 11.0 Å². The minimum absolute atomic E-state index is 0. The van der Waals surface area contributed by atoms with Crippen molar-refractivity contribution in [3.05, 3.63) is 217 Å². The standard InChI is InChI=1S/C63H54N3O.Pt/c1-41-26-28-43(29-27-41)46-32-33-64-56(39-46)49-34-48(35-51(36-49)63(5,6)7)52-24-17-25-58-59(52)65-61(66(58)57-31-30-50(62(2,3)4)40-53(57)44-20-13-9-14-21-44)55-38-47(42-18-11-8-12-19-42)37-54(60(55)67)45-22-15-10-16-23-45;/h8-33,35-40,67H,1-7H3;/q-1;/i1D3;. The molecule has 2 aromatic heterocycles. The summed E-state index contributed by atoms with van der Waals surface area (Å²) in [4.78, 5) is 10.6. The van der Waals surface area contributed by atoms with E-state index >= 15 is 0 Å². The molecule has 2 heterocycles. The summed E-state index contributed by atoms with van der Waals surface area (Å²) in [5.41, 5.74) is 16.2. The second-order valence-electron chi connectivity index (χ2n) is 19.4. The van der Waals surface area contributed by atoms with Crippen LogP contribution < -0.4 is 0 Å². The number of benzene rings is 8. The van der Waals surface area contributed by atoms with Crippen LogP contribution in [0.3, 0.4) is 0 Å². The molecule has 0 aliphatic carbocycles. The number of aromatic nitrogens is 3. The molecular weight excluding hydrogens is 1010 g/mol. The first-order chi connectivity index (χ1) is 33.5. The van der Waals surface area contributed by atoms with E-state index in [4.69, 9.17) is 14.1 Å². The van der Waals surface area contributed by atoms with Crippen molar-refractivity contribution < 1.29 is 30.3 Å². The van der Waals surface area contributed by atoms with E-state index in [0.717, 1.165) is 83.6 Å². The van der Waals surface area contributed by atoms with Crippen LogP contribution in [0.1, 0.15) is 62.3 Å². The molecule has 68 heavy (non-hydrogen) atoms. The van der Waals surface area contributed by atoms with Gasteiger partial charge in [0.1, 0.15) is 11.6 Å². The van der Waals surface area contributed by atoms with Gasteiger partial charge in [-0.05, 0) is 93.0 Å². The fourth-order valence-electron chi connectivity index (χ4n) is 8.93. The van der Waals surface area contributed by atoms with Crippen molar-refractivity contribution in [2.75, 3.05) is 0 Å². The molecule has 0 fully saturated rings. The third-order valence-corrected chi connectivity index (χ3v) is 12.7. The van der Waals surface area contributed by atoms with Crippen molar-refractivity contribution in [2.45, 2.75) is 59.2 Å². The summed E-state index contributed by atoms with van der Waals surface area (Å²) >= 11 is 0. The summed E-state index contributed by atoms with van der Waals surface area (Å²) in [5.74, 6) is 0.737. The van der Waals surface area contributed by atoms with Gasteiger partial charge in [0, 0.05) is 48.2 Å². The van der Waals surface area contributed by atoms with Crippen molar-refractivity contribution in [2.24, 2.45) is 0 Å². The molecule has 0 saturated heterocycles. The third kappa shape index (κ3) is 9.02. The van der Waals surface area contributed by atoms with Crippen LogP contribution in [0.5, 0.6) is 5.75 Å². The number of hydrogen-bond acceptors (Lipinski definition) is 3. The number of para-hydroxylation sites is 1. The van der Waals surface area contributed by atoms with E-state index < -0.39 is 6.85 Å². The topological polar surface area (TPSA) is 50.9 Å². The van der Waals surface area contributed by atoms with Crippen LogP contribution in [0, 0.1) is 12.9 Å². The Morgan fingerprint density at radius 2 is 1.10 bits per heavy atom. The van der Waals surface area contributed by atoms with Crippen molar-refractivity contribution in [3.63, 3.8) is 0 Å². The van der Waals surface area contributed by atoms with Crippen LogP contribution in [0.25, 0.3) is 95.0 Å². The average Bonchev–Trinajstić information content (AvgIpc) is 3.75. The minimum atomic E-state index is -2.18.